The van der Waals surface area contributed by atoms with Crippen molar-refractivity contribution in [1.29, 1.82) is 0 Å². The number of aromatic nitrogens is 1. The number of carbonyl (C=O) groups excluding carboxylic acids is 1. The summed E-state index contributed by atoms with van der Waals surface area (Å²) in [5, 5.41) is 14.1. The maximum absolute atomic E-state index is 12.3. The van der Waals surface area contributed by atoms with E-state index in [2.05, 4.69) is 15.0 Å². The van der Waals surface area contributed by atoms with Gasteiger partial charge in [0.15, 0.2) is 11.6 Å². The van der Waals surface area contributed by atoms with Crippen LogP contribution >= 0.6 is 11.3 Å². The largest absolute Gasteiger partial charge is 0.504 e. The summed E-state index contributed by atoms with van der Waals surface area (Å²) in [6.45, 7) is 0.296. The Hall–Kier alpha value is -2.75. The van der Waals surface area contributed by atoms with Crippen molar-refractivity contribution in [2.75, 3.05) is 11.9 Å². The van der Waals surface area contributed by atoms with Gasteiger partial charge in [-0.2, -0.15) is 0 Å². The first-order valence-corrected chi connectivity index (χ1v) is 10.4. The average molecular weight is 403 g/mol. The number of rotatable bonds is 7. The fraction of sp³-hybridized carbons (Fsp3) is 0.111. The lowest BCUT2D eigenvalue weighted by molar-refractivity contribution is 0.102. The van der Waals surface area contributed by atoms with Crippen molar-refractivity contribution in [2.45, 2.75) is 11.3 Å². The molecule has 0 atom stereocenters. The lowest BCUT2D eigenvalue weighted by Gasteiger charge is -2.08. The van der Waals surface area contributed by atoms with Crippen molar-refractivity contribution >= 4 is 33.1 Å². The van der Waals surface area contributed by atoms with Gasteiger partial charge in [-0.25, -0.2) is 18.1 Å². The van der Waals surface area contributed by atoms with Crippen LogP contribution in [0.25, 0.3) is 0 Å². The van der Waals surface area contributed by atoms with Crippen molar-refractivity contribution < 1.29 is 18.3 Å². The minimum absolute atomic E-state index is 0.0365. The highest BCUT2D eigenvalue weighted by molar-refractivity contribution is 7.89. The van der Waals surface area contributed by atoms with Gasteiger partial charge in [0.25, 0.3) is 5.91 Å². The number of amides is 1. The molecule has 0 unspecified atom stereocenters. The summed E-state index contributed by atoms with van der Waals surface area (Å²) in [4.78, 5) is 17.2. The average Bonchev–Trinajstić information content (AvgIpc) is 3.17. The van der Waals surface area contributed by atoms with Crippen LogP contribution in [0.15, 0.2) is 65.0 Å². The zero-order valence-corrected chi connectivity index (χ0v) is 15.8. The van der Waals surface area contributed by atoms with Crippen molar-refractivity contribution in [1.82, 2.24) is 9.71 Å². The van der Waals surface area contributed by atoms with Gasteiger partial charge in [0.1, 0.15) is 0 Å². The minimum atomic E-state index is -3.65. The fourth-order valence-corrected chi connectivity index (χ4v) is 4.05. The number of nitrogens with zero attached hydrogens (tertiary/aromatic N) is 1. The fourth-order valence-electron chi connectivity index (χ4n) is 2.31. The van der Waals surface area contributed by atoms with Gasteiger partial charge in [-0.15, -0.1) is 11.3 Å². The molecule has 2 aromatic heterocycles. The lowest BCUT2D eigenvalue weighted by Crippen LogP contribution is -2.26. The first-order chi connectivity index (χ1) is 13.0. The Morgan fingerprint density at radius 1 is 1.11 bits per heavy atom. The number of nitrogens with one attached hydrogen (secondary N) is 2. The number of anilines is 1. The summed E-state index contributed by atoms with van der Waals surface area (Å²) >= 11 is 1.57. The van der Waals surface area contributed by atoms with Crippen molar-refractivity contribution in [3.8, 4) is 5.75 Å². The molecule has 3 aromatic rings. The summed E-state index contributed by atoms with van der Waals surface area (Å²) < 4.78 is 27.2. The molecule has 140 valence electrons. The normalized spacial score (nSPS) is 11.3. The molecule has 0 aliphatic rings. The highest BCUT2D eigenvalue weighted by atomic mass is 32.2. The molecule has 0 spiro atoms. The van der Waals surface area contributed by atoms with Crippen LogP contribution < -0.4 is 10.0 Å². The van der Waals surface area contributed by atoms with Crippen LogP contribution in [0.5, 0.6) is 5.75 Å². The smallest absolute Gasteiger partial charge is 0.256 e. The topological polar surface area (TPSA) is 108 Å². The molecular weight excluding hydrogens is 386 g/mol. The zero-order valence-electron chi connectivity index (χ0n) is 14.1. The molecule has 0 radical (unpaired) electrons. The van der Waals surface area contributed by atoms with E-state index in [0.717, 1.165) is 4.88 Å². The van der Waals surface area contributed by atoms with Gasteiger partial charge < -0.3 is 10.4 Å². The molecule has 27 heavy (non-hydrogen) atoms. The maximum atomic E-state index is 12.3. The Kier molecular flexibility index (Phi) is 5.84. The molecular formula is C18H17N3O4S2. The van der Waals surface area contributed by atoms with Crippen LogP contribution in [-0.2, 0) is 16.4 Å². The molecule has 1 aromatic carbocycles. The van der Waals surface area contributed by atoms with Gasteiger partial charge in [-0.1, -0.05) is 6.07 Å². The second-order valence-electron chi connectivity index (χ2n) is 5.58. The molecule has 0 aliphatic heterocycles. The van der Waals surface area contributed by atoms with E-state index >= 15 is 0 Å². The van der Waals surface area contributed by atoms with Crippen LogP contribution in [-0.4, -0.2) is 31.0 Å². The number of benzene rings is 1. The molecule has 9 heteroatoms. The number of hydrogen-bond donors (Lipinski definition) is 3. The Bertz CT molecular complexity index is 1020. The van der Waals surface area contributed by atoms with Crippen LogP contribution in [0.1, 0.15) is 15.2 Å². The molecule has 1 amide bonds. The first kappa shape index (κ1) is 19.0. The number of sulfonamides is 1. The Labute approximate surface area is 160 Å². The van der Waals surface area contributed by atoms with Crippen LogP contribution in [0.2, 0.25) is 0 Å². The number of thiophene rings is 1. The van der Waals surface area contributed by atoms with Crippen LogP contribution in [0, 0.1) is 0 Å². The Balaban J connectivity index is 1.63. The second-order valence-corrected chi connectivity index (χ2v) is 8.38. The lowest BCUT2D eigenvalue weighted by atomic mass is 10.2. The number of pyridine rings is 1. The van der Waals surface area contributed by atoms with E-state index < -0.39 is 15.9 Å². The highest BCUT2D eigenvalue weighted by Gasteiger charge is 2.15. The van der Waals surface area contributed by atoms with E-state index in [1.54, 1.807) is 11.3 Å². The van der Waals surface area contributed by atoms with Crippen LogP contribution in [0.3, 0.4) is 0 Å². The summed E-state index contributed by atoms with van der Waals surface area (Å²) in [5.41, 5.74) is 0.248. The standard InChI is InChI=1S/C18H17N3O4S2/c22-16-4-1-10-19-17(16)21-18(23)13-5-7-15(8-6-13)27(24,25)20-11-9-14-3-2-12-26-14/h1-8,10,12,20,22H,9,11H2,(H,19,21,23). The number of aromatic hydroxyl groups is 1. The molecule has 0 saturated carbocycles. The van der Waals surface area contributed by atoms with E-state index in [-0.39, 0.29) is 22.0 Å². The summed E-state index contributed by atoms with van der Waals surface area (Å²) in [7, 11) is -3.65. The van der Waals surface area contributed by atoms with E-state index in [1.165, 1.54) is 42.6 Å². The predicted molar refractivity (Wildman–Crippen MR) is 104 cm³/mol. The van der Waals surface area contributed by atoms with Crippen molar-refractivity contribution in [2.24, 2.45) is 0 Å². The monoisotopic (exact) mass is 403 g/mol. The van der Waals surface area contributed by atoms with E-state index in [9.17, 15) is 18.3 Å². The molecule has 0 fully saturated rings. The zero-order chi connectivity index (χ0) is 19.3. The summed E-state index contributed by atoms with van der Waals surface area (Å²) in [6.07, 6.45) is 2.05. The Morgan fingerprint density at radius 3 is 2.56 bits per heavy atom. The maximum Gasteiger partial charge on any atom is 0.256 e. The Morgan fingerprint density at radius 2 is 1.89 bits per heavy atom. The number of hydrogen-bond acceptors (Lipinski definition) is 6. The van der Waals surface area contributed by atoms with Gasteiger partial charge in [-0.05, 0) is 54.3 Å². The molecule has 0 aliphatic carbocycles. The molecule has 0 saturated heterocycles. The molecule has 2 heterocycles. The SMILES string of the molecule is O=C(Nc1ncccc1O)c1ccc(S(=O)(=O)NCCc2cccs2)cc1. The van der Waals surface area contributed by atoms with E-state index in [4.69, 9.17) is 0 Å². The highest BCUT2D eigenvalue weighted by Crippen LogP contribution is 2.19. The van der Waals surface area contributed by atoms with Gasteiger partial charge in [0.2, 0.25) is 10.0 Å². The molecule has 7 nitrogen and oxygen atoms in total. The predicted octanol–water partition coefficient (Wildman–Crippen LogP) is 2.62. The third-order valence-electron chi connectivity index (χ3n) is 3.69. The quantitative estimate of drug-likeness (QED) is 0.562. The molecule has 3 rings (SSSR count). The van der Waals surface area contributed by atoms with Gasteiger partial charge >= 0.3 is 0 Å². The summed E-state index contributed by atoms with van der Waals surface area (Å²) in [5.74, 6) is -0.618. The first-order valence-electron chi connectivity index (χ1n) is 8.03. The molecule has 3 N–H and O–H groups in total. The molecule has 0 bridgehead atoms. The summed E-state index contributed by atoms with van der Waals surface area (Å²) in [6, 6.07) is 12.3. The van der Waals surface area contributed by atoms with Crippen molar-refractivity contribution in [3.05, 3.63) is 70.5 Å². The third-order valence-corrected chi connectivity index (χ3v) is 6.10. The van der Waals surface area contributed by atoms with Crippen LogP contribution in [0.4, 0.5) is 5.82 Å². The minimum Gasteiger partial charge on any atom is -0.504 e. The van der Waals surface area contributed by atoms with Gasteiger partial charge in [-0.3, -0.25) is 4.79 Å². The van der Waals surface area contributed by atoms with Gasteiger partial charge in [0, 0.05) is 23.2 Å². The van der Waals surface area contributed by atoms with Gasteiger partial charge in [0.05, 0.1) is 4.90 Å². The third kappa shape index (κ3) is 4.91. The van der Waals surface area contributed by atoms with E-state index in [0.29, 0.717) is 13.0 Å². The number of carbonyl (C=O) groups is 1. The second kappa shape index (κ2) is 8.30. The van der Waals surface area contributed by atoms with Crippen molar-refractivity contribution in [3.63, 3.8) is 0 Å². The van der Waals surface area contributed by atoms with E-state index in [1.807, 2.05) is 17.5 Å².